The molecular weight excluding hydrogens is 364 g/mol. The molecule has 2 amide bonds. The minimum Gasteiger partial charge on any atom is -0.493 e. The first kappa shape index (κ1) is 21.5. The number of benzene rings is 1. The van der Waals surface area contributed by atoms with Crippen LogP contribution in [-0.2, 0) is 14.3 Å². The first-order valence-electron chi connectivity index (χ1n) is 9.37. The van der Waals surface area contributed by atoms with Crippen molar-refractivity contribution in [1.29, 1.82) is 0 Å². The Morgan fingerprint density at radius 2 is 1.86 bits per heavy atom. The molecule has 1 aliphatic rings. The van der Waals surface area contributed by atoms with E-state index in [2.05, 4.69) is 0 Å². The Labute approximate surface area is 165 Å². The van der Waals surface area contributed by atoms with Crippen molar-refractivity contribution < 1.29 is 28.6 Å². The topological polar surface area (TPSA) is 85.4 Å². The average Bonchev–Trinajstić information content (AvgIpc) is 2.67. The molecule has 0 aliphatic carbocycles. The number of esters is 1. The number of carbonyl (C=O) groups excluding carboxylic acids is 3. The fourth-order valence-corrected chi connectivity index (χ4v) is 3.06. The third-order valence-electron chi connectivity index (χ3n) is 4.61. The van der Waals surface area contributed by atoms with Gasteiger partial charge >= 0.3 is 5.97 Å². The largest absolute Gasteiger partial charge is 0.493 e. The third-order valence-corrected chi connectivity index (χ3v) is 4.61. The number of hydrogen-bond donors (Lipinski definition) is 0. The highest BCUT2D eigenvalue weighted by Gasteiger charge is 2.24. The van der Waals surface area contributed by atoms with Gasteiger partial charge in [0.1, 0.15) is 12.6 Å². The molecule has 2 rings (SSSR count). The first-order valence-corrected chi connectivity index (χ1v) is 9.37. The monoisotopic (exact) mass is 392 g/mol. The number of hydrogen-bond acceptors (Lipinski definition) is 6. The van der Waals surface area contributed by atoms with Crippen LogP contribution in [0.25, 0.3) is 0 Å². The van der Waals surface area contributed by atoms with E-state index in [0.29, 0.717) is 43.0 Å². The van der Waals surface area contributed by atoms with Crippen LogP contribution in [0.1, 0.15) is 37.0 Å². The molecular formula is C20H28N2O6. The maximum atomic E-state index is 12.6. The molecule has 1 aromatic carbocycles. The Morgan fingerprint density at radius 1 is 1.18 bits per heavy atom. The molecule has 1 saturated heterocycles. The van der Waals surface area contributed by atoms with Crippen molar-refractivity contribution in [3.63, 3.8) is 0 Å². The molecule has 0 spiro atoms. The SMILES string of the molecule is CCOC(=O)CN(C)C(=O)c1ccc(OC)c(OC2CCN(C(C)=O)CC2)c1. The van der Waals surface area contributed by atoms with E-state index in [1.54, 1.807) is 44.0 Å². The number of piperidine rings is 1. The van der Waals surface area contributed by atoms with E-state index in [0.717, 1.165) is 0 Å². The van der Waals surface area contributed by atoms with Crippen LogP contribution in [0.4, 0.5) is 0 Å². The minimum atomic E-state index is -0.458. The highest BCUT2D eigenvalue weighted by atomic mass is 16.5. The number of likely N-dealkylation sites (tertiary alicyclic amines) is 1. The molecule has 1 heterocycles. The molecule has 0 unspecified atom stereocenters. The van der Waals surface area contributed by atoms with E-state index in [9.17, 15) is 14.4 Å². The quantitative estimate of drug-likeness (QED) is 0.657. The van der Waals surface area contributed by atoms with Gasteiger partial charge in [-0.2, -0.15) is 0 Å². The van der Waals surface area contributed by atoms with Crippen molar-refractivity contribution in [2.24, 2.45) is 0 Å². The molecule has 0 N–H and O–H groups in total. The molecule has 0 radical (unpaired) electrons. The van der Waals surface area contributed by atoms with Crippen LogP contribution in [0, 0.1) is 0 Å². The average molecular weight is 392 g/mol. The maximum Gasteiger partial charge on any atom is 0.325 e. The molecule has 0 saturated carbocycles. The number of methoxy groups -OCH3 is 1. The lowest BCUT2D eigenvalue weighted by molar-refractivity contribution is -0.143. The maximum absolute atomic E-state index is 12.6. The van der Waals surface area contributed by atoms with E-state index in [1.165, 1.54) is 12.0 Å². The lowest BCUT2D eigenvalue weighted by Gasteiger charge is -2.31. The summed E-state index contributed by atoms with van der Waals surface area (Å²) in [6.07, 6.45) is 1.36. The summed E-state index contributed by atoms with van der Waals surface area (Å²) in [5.41, 5.74) is 0.392. The summed E-state index contributed by atoms with van der Waals surface area (Å²) in [5, 5.41) is 0. The summed E-state index contributed by atoms with van der Waals surface area (Å²) in [6.45, 7) is 4.70. The van der Waals surface area contributed by atoms with Gasteiger partial charge in [-0.15, -0.1) is 0 Å². The predicted octanol–water partition coefficient (Wildman–Crippen LogP) is 1.72. The highest BCUT2D eigenvalue weighted by Crippen LogP contribution is 2.31. The van der Waals surface area contributed by atoms with Crippen LogP contribution in [0.5, 0.6) is 11.5 Å². The van der Waals surface area contributed by atoms with Gasteiger partial charge in [-0.25, -0.2) is 0 Å². The predicted molar refractivity (Wildman–Crippen MR) is 102 cm³/mol. The Balaban J connectivity index is 2.07. The lowest BCUT2D eigenvalue weighted by Crippen LogP contribution is -2.40. The Morgan fingerprint density at radius 3 is 2.43 bits per heavy atom. The number of carbonyl (C=O) groups is 3. The van der Waals surface area contributed by atoms with E-state index < -0.39 is 5.97 Å². The Kier molecular flexibility index (Phi) is 7.66. The summed E-state index contributed by atoms with van der Waals surface area (Å²) in [4.78, 5) is 38.8. The molecule has 0 bridgehead atoms. The lowest BCUT2D eigenvalue weighted by atomic mass is 10.1. The van der Waals surface area contributed by atoms with Gasteiger partial charge in [0.2, 0.25) is 5.91 Å². The fourth-order valence-electron chi connectivity index (χ4n) is 3.06. The van der Waals surface area contributed by atoms with Gasteiger partial charge in [0.05, 0.1) is 13.7 Å². The molecule has 8 heteroatoms. The normalized spacial score (nSPS) is 14.4. The number of rotatable bonds is 7. The van der Waals surface area contributed by atoms with Crippen LogP contribution in [0.2, 0.25) is 0 Å². The van der Waals surface area contributed by atoms with Gasteiger partial charge in [-0.3, -0.25) is 14.4 Å². The van der Waals surface area contributed by atoms with Gasteiger partial charge in [0, 0.05) is 45.5 Å². The van der Waals surface area contributed by atoms with Gasteiger partial charge < -0.3 is 24.0 Å². The summed E-state index contributed by atoms with van der Waals surface area (Å²) in [7, 11) is 3.08. The van der Waals surface area contributed by atoms with E-state index in [-0.39, 0.29) is 31.1 Å². The molecule has 8 nitrogen and oxygen atoms in total. The zero-order valence-corrected chi connectivity index (χ0v) is 16.9. The van der Waals surface area contributed by atoms with Crippen molar-refractivity contribution >= 4 is 17.8 Å². The Hall–Kier alpha value is -2.77. The second-order valence-corrected chi connectivity index (χ2v) is 6.66. The number of likely N-dealkylation sites (N-methyl/N-ethyl adjacent to an activating group) is 1. The second kappa shape index (κ2) is 9.96. The molecule has 0 atom stereocenters. The highest BCUT2D eigenvalue weighted by molar-refractivity contribution is 5.96. The minimum absolute atomic E-state index is 0.0629. The van der Waals surface area contributed by atoms with Crippen LogP contribution < -0.4 is 9.47 Å². The standard InChI is InChI=1S/C20H28N2O6/c1-5-27-19(24)13-21(3)20(25)15-6-7-17(26-4)18(12-15)28-16-8-10-22(11-9-16)14(2)23/h6-7,12,16H,5,8-11,13H2,1-4H3. The van der Waals surface area contributed by atoms with E-state index in [4.69, 9.17) is 14.2 Å². The molecule has 1 fully saturated rings. The van der Waals surface area contributed by atoms with Crippen molar-refractivity contribution in [2.45, 2.75) is 32.8 Å². The summed E-state index contributed by atoms with van der Waals surface area (Å²) in [6, 6.07) is 4.93. The van der Waals surface area contributed by atoms with E-state index >= 15 is 0 Å². The Bertz CT molecular complexity index is 713. The zero-order valence-electron chi connectivity index (χ0n) is 16.9. The second-order valence-electron chi connectivity index (χ2n) is 6.66. The van der Waals surface area contributed by atoms with Gasteiger partial charge in [0.15, 0.2) is 11.5 Å². The van der Waals surface area contributed by atoms with Crippen LogP contribution in [0.3, 0.4) is 0 Å². The van der Waals surface area contributed by atoms with Gasteiger partial charge in [0.25, 0.3) is 5.91 Å². The zero-order chi connectivity index (χ0) is 20.7. The smallest absolute Gasteiger partial charge is 0.325 e. The van der Waals surface area contributed by atoms with Gasteiger partial charge in [-0.05, 0) is 25.1 Å². The summed E-state index contributed by atoms with van der Waals surface area (Å²) in [5.74, 6) is 0.290. The van der Waals surface area contributed by atoms with Gasteiger partial charge in [-0.1, -0.05) is 0 Å². The first-order chi connectivity index (χ1) is 13.3. The van der Waals surface area contributed by atoms with Crippen molar-refractivity contribution in [1.82, 2.24) is 9.80 Å². The summed E-state index contributed by atoms with van der Waals surface area (Å²) < 4.78 is 16.3. The van der Waals surface area contributed by atoms with Crippen molar-refractivity contribution in [2.75, 3.05) is 40.4 Å². The van der Waals surface area contributed by atoms with Crippen molar-refractivity contribution in [3.05, 3.63) is 23.8 Å². The molecule has 1 aliphatic heterocycles. The summed E-state index contributed by atoms with van der Waals surface area (Å²) >= 11 is 0. The van der Waals surface area contributed by atoms with E-state index in [1.807, 2.05) is 0 Å². The van der Waals surface area contributed by atoms with Crippen LogP contribution in [-0.4, -0.2) is 74.1 Å². The van der Waals surface area contributed by atoms with Crippen LogP contribution >= 0.6 is 0 Å². The number of ether oxygens (including phenoxy) is 3. The molecule has 28 heavy (non-hydrogen) atoms. The molecule has 0 aromatic heterocycles. The molecule has 1 aromatic rings. The third kappa shape index (κ3) is 5.61. The van der Waals surface area contributed by atoms with Crippen LogP contribution in [0.15, 0.2) is 18.2 Å². The fraction of sp³-hybridized carbons (Fsp3) is 0.550. The molecule has 154 valence electrons. The number of amides is 2. The van der Waals surface area contributed by atoms with Crippen molar-refractivity contribution in [3.8, 4) is 11.5 Å². The number of nitrogens with zero attached hydrogens (tertiary/aromatic N) is 2.